The standard InChI is InChI=1S/2C10H8O.C5H4O.2ClH.Ti/c2*11-10-7-3-5-8-4-1-2-6-9(8)10;1-5-2-3-6-4-5;;;/h2*1-7,11H;1-4H;2*1H;/p-2. The molecule has 0 bridgehead atoms. The second kappa shape index (κ2) is 13.7. The Balaban J connectivity index is 0.000000231. The number of benzene rings is 4. The van der Waals surface area contributed by atoms with E-state index in [1.54, 1.807) is 24.7 Å². The van der Waals surface area contributed by atoms with Gasteiger partial charge in [0.2, 0.25) is 0 Å². The van der Waals surface area contributed by atoms with E-state index in [-0.39, 0.29) is 24.8 Å². The fraction of sp³-hybridized carbons (Fsp3) is 0. The number of hydrogen-bond acceptors (Lipinski definition) is 3. The van der Waals surface area contributed by atoms with Crippen molar-refractivity contribution in [2.45, 2.75) is 0 Å². The van der Waals surface area contributed by atoms with Gasteiger partial charge in [0.25, 0.3) is 0 Å². The van der Waals surface area contributed by atoms with Crippen molar-refractivity contribution in [2.24, 2.45) is 0 Å². The quantitative estimate of drug-likeness (QED) is 0.330. The first-order chi connectivity index (χ1) is 14.2. The molecular weight excluding hydrogens is 467 g/mol. The SMILES string of the molecule is Oc1cccc2ccccc12.Oc1cccc2ccccc12.[Cl-].[Cl-].[Ti]=[CH]c1ccoc1. The summed E-state index contributed by atoms with van der Waals surface area (Å²) < 4.78 is 6.76. The fourth-order valence-corrected chi connectivity index (χ4v) is 3.03. The molecule has 0 saturated heterocycles. The van der Waals surface area contributed by atoms with Crippen LogP contribution < -0.4 is 24.8 Å². The summed E-state index contributed by atoms with van der Waals surface area (Å²) in [5.41, 5.74) is 1.14. The Morgan fingerprint density at radius 3 is 1.42 bits per heavy atom. The van der Waals surface area contributed by atoms with Crippen LogP contribution in [0.3, 0.4) is 0 Å². The minimum atomic E-state index is 0. The molecule has 0 aliphatic rings. The number of phenolic OH excluding ortho intramolecular Hbond substituents is 2. The van der Waals surface area contributed by atoms with Crippen molar-refractivity contribution in [1.82, 2.24) is 0 Å². The summed E-state index contributed by atoms with van der Waals surface area (Å²) in [6.45, 7) is 0. The third kappa shape index (κ3) is 7.57. The Bertz CT molecular complexity index is 1120. The molecule has 5 aromatic rings. The van der Waals surface area contributed by atoms with Gasteiger partial charge in [0.15, 0.2) is 0 Å². The predicted molar refractivity (Wildman–Crippen MR) is 115 cm³/mol. The minimum absolute atomic E-state index is 0. The van der Waals surface area contributed by atoms with Crippen molar-refractivity contribution < 1.29 is 59.4 Å². The van der Waals surface area contributed by atoms with Gasteiger partial charge in [0.1, 0.15) is 11.5 Å². The first-order valence-corrected chi connectivity index (χ1v) is 9.95. The van der Waals surface area contributed by atoms with E-state index in [0.717, 1.165) is 27.1 Å². The van der Waals surface area contributed by atoms with Crippen LogP contribution in [0, 0.1) is 0 Å². The number of aromatic hydroxyl groups is 2. The third-order valence-electron chi connectivity index (χ3n) is 4.24. The van der Waals surface area contributed by atoms with Crippen LogP contribution in [0.5, 0.6) is 11.5 Å². The predicted octanol–water partition coefficient (Wildman–Crippen LogP) is 0.0755. The summed E-state index contributed by atoms with van der Waals surface area (Å²) in [5, 5.41) is 22.7. The second-order valence-corrected chi connectivity index (χ2v) is 6.65. The molecule has 158 valence electrons. The molecule has 1 aromatic heterocycles. The first-order valence-electron chi connectivity index (χ1n) is 9.05. The zero-order valence-electron chi connectivity index (χ0n) is 16.5. The molecule has 0 amide bonds. The van der Waals surface area contributed by atoms with Gasteiger partial charge in [0, 0.05) is 10.8 Å². The van der Waals surface area contributed by atoms with E-state index in [2.05, 4.69) is 0 Å². The molecular formula is C25H20Cl2O3Ti-2. The zero-order chi connectivity index (χ0) is 20.5. The average molecular weight is 487 g/mol. The number of phenols is 2. The Morgan fingerprint density at radius 1 is 0.613 bits per heavy atom. The summed E-state index contributed by atoms with van der Waals surface area (Å²) in [4.78, 5) is 0. The maximum absolute atomic E-state index is 9.37. The van der Waals surface area contributed by atoms with Crippen molar-refractivity contribution >= 4 is 25.9 Å². The topological polar surface area (TPSA) is 53.6 Å². The molecule has 0 aliphatic heterocycles. The van der Waals surface area contributed by atoms with E-state index in [1.807, 2.05) is 103 Å². The molecule has 31 heavy (non-hydrogen) atoms. The molecule has 0 spiro atoms. The van der Waals surface area contributed by atoms with Crippen LogP contribution in [-0.4, -0.2) is 14.5 Å². The summed E-state index contributed by atoms with van der Waals surface area (Å²) in [7, 11) is 0. The van der Waals surface area contributed by atoms with E-state index in [4.69, 9.17) is 4.42 Å². The molecule has 2 N–H and O–H groups in total. The molecule has 0 radical (unpaired) electrons. The molecule has 3 nitrogen and oxygen atoms in total. The number of fused-ring (bicyclic) bond motifs is 2. The summed E-state index contributed by atoms with van der Waals surface area (Å²) >= 11 is 1.98. The molecule has 6 heteroatoms. The monoisotopic (exact) mass is 486 g/mol. The molecule has 5 rings (SSSR count). The van der Waals surface area contributed by atoms with Crippen LogP contribution in [0.4, 0.5) is 0 Å². The summed E-state index contributed by atoms with van der Waals surface area (Å²) in [5.74, 6) is 0.700. The van der Waals surface area contributed by atoms with Gasteiger partial charge < -0.3 is 35.0 Å². The first kappa shape index (κ1) is 26.5. The van der Waals surface area contributed by atoms with Crippen LogP contribution in [-0.2, 0) is 20.0 Å². The van der Waals surface area contributed by atoms with E-state index in [0.29, 0.717) is 11.5 Å². The van der Waals surface area contributed by atoms with Gasteiger partial charge in [-0.25, -0.2) is 0 Å². The van der Waals surface area contributed by atoms with Gasteiger partial charge in [0.05, 0.1) is 0 Å². The molecule has 0 saturated carbocycles. The second-order valence-electron chi connectivity index (χ2n) is 6.20. The van der Waals surface area contributed by atoms with Gasteiger partial charge in [-0.2, -0.15) is 0 Å². The normalized spacial score (nSPS) is 9.13. The van der Waals surface area contributed by atoms with E-state index >= 15 is 0 Å². The van der Waals surface area contributed by atoms with Crippen LogP contribution in [0.15, 0.2) is 108 Å². The summed E-state index contributed by atoms with van der Waals surface area (Å²) in [6.07, 6.45) is 3.37. The number of halogens is 2. The van der Waals surface area contributed by atoms with Crippen LogP contribution in [0.2, 0.25) is 0 Å². The molecule has 4 aromatic carbocycles. The van der Waals surface area contributed by atoms with E-state index in [9.17, 15) is 10.2 Å². The van der Waals surface area contributed by atoms with E-state index in [1.165, 1.54) is 0 Å². The zero-order valence-corrected chi connectivity index (χ0v) is 19.5. The van der Waals surface area contributed by atoms with Crippen LogP contribution >= 0.6 is 0 Å². The molecule has 1 heterocycles. The van der Waals surface area contributed by atoms with Gasteiger partial charge in [-0.1, -0.05) is 72.8 Å². The Labute approximate surface area is 205 Å². The van der Waals surface area contributed by atoms with Gasteiger partial charge >= 0.3 is 52.9 Å². The van der Waals surface area contributed by atoms with Crippen LogP contribution in [0.1, 0.15) is 5.56 Å². The fourth-order valence-electron chi connectivity index (χ4n) is 2.77. The van der Waals surface area contributed by atoms with Crippen molar-refractivity contribution in [3.63, 3.8) is 0 Å². The number of hydrogen-bond donors (Lipinski definition) is 2. The van der Waals surface area contributed by atoms with Crippen molar-refractivity contribution in [3.05, 3.63) is 109 Å². The Kier molecular flexibility index (Phi) is 11.7. The number of rotatable bonds is 1. The number of furan rings is 1. The average Bonchev–Trinajstić information content (AvgIpc) is 3.30. The molecule has 0 unspecified atom stereocenters. The van der Waals surface area contributed by atoms with E-state index < -0.39 is 0 Å². The van der Waals surface area contributed by atoms with Gasteiger partial charge in [-0.05, 0) is 22.9 Å². The van der Waals surface area contributed by atoms with Crippen molar-refractivity contribution in [2.75, 3.05) is 0 Å². The summed E-state index contributed by atoms with van der Waals surface area (Å²) in [6, 6.07) is 28.5. The third-order valence-corrected chi connectivity index (χ3v) is 4.76. The Hall–Kier alpha value is -2.56. The maximum atomic E-state index is 9.37. The van der Waals surface area contributed by atoms with Crippen molar-refractivity contribution in [3.8, 4) is 11.5 Å². The Morgan fingerprint density at radius 2 is 1.06 bits per heavy atom. The van der Waals surface area contributed by atoms with Gasteiger partial charge in [-0.15, -0.1) is 0 Å². The molecule has 0 aliphatic carbocycles. The molecule has 0 atom stereocenters. The van der Waals surface area contributed by atoms with Gasteiger partial charge in [-0.3, -0.25) is 0 Å². The van der Waals surface area contributed by atoms with Crippen LogP contribution in [0.25, 0.3) is 21.5 Å². The van der Waals surface area contributed by atoms with Crippen molar-refractivity contribution in [1.29, 1.82) is 0 Å². The molecule has 0 fully saturated rings.